The van der Waals surface area contributed by atoms with Crippen LogP contribution in [0.4, 0.5) is 0 Å². The number of hydrogen-bond donors (Lipinski definition) is 1. The molecule has 0 aliphatic carbocycles. The minimum atomic E-state index is 0. The van der Waals surface area contributed by atoms with Gasteiger partial charge in [-0.1, -0.05) is 27.7 Å². The van der Waals surface area contributed by atoms with Crippen molar-refractivity contribution in [2.24, 2.45) is 5.92 Å². The lowest BCUT2D eigenvalue weighted by molar-refractivity contribution is 0.0632. The number of carbonyl (C=O) groups is 1. The molecule has 2 heterocycles. The summed E-state index contributed by atoms with van der Waals surface area (Å²) in [4.78, 5) is 15.0. The van der Waals surface area contributed by atoms with Gasteiger partial charge < -0.3 is 10.2 Å². The molecule has 1 unspecified atom stereocenters. The van der Waals surface area contributed by atoms with Crippen molar-refractivity contribution in [1.29, 1.82) is 0 Å². The highest BCUT2D eigenvalue weighted by Crippen LogP contribution is 2.18. The summed E-state index contributed by atoms with van der Waals surface area (Å²) in [5, 5.41) is 8.00. The van der Waals surface area contributed by atoms with Crippen LogP contribution in [0.3, 0.4) is 0 Å². The Kier molecular flexibility index (Phi) is 8.78. The maximum absolute atomic E-state index is 13.0. The minimum absolute atomic E-state index is 0. The summed E-state index contributed by atoms with van der Waals surface area (Å²) in [6.45, 7) is 11.5. The van der Waals surface area contributed by atoms with Crippen molar-refractivity contribution in [1.82, 2.24) is 20.0 Å². The van der Waals surface area contributed by atoms with Gasteiger partial charge in [0.25, 0.3) is 5.91 Å². The van der Waals surface area contributed by atoms with E-state index in [9.17, 15) is 4.79 Å². The average molecular weight is 357 g/mol. The zero-order valence-electron chi connectivity index (χ0n) is 15.5. The number of halogens is 1. The van der Waals surface area contributed by atoms with Crippen molar-refractivity contribution in [3.8, 4) is 0 Å². The topological polar surface area (TPSA) is 50.2 Å². The zero-order valence-corrected chi connectivity index (χ0v) is 16.3. The van der Waals surface area contributed by atoms with Crippen molar-refractivity contribution in [2.45, 2.75) is 65.5 Å². The fraction of sp³-hybridized carbons (Fsp3) is 0.778. The first kappa shape index (κ1) is 21.0. The van der Waals surface area contributed by atoms with Gasteiger partial charge in [-0.2, -0.15) is 5.10 Å². The molecule has 0 saturated carbocycles. The van der Waals surface area contributed by atoms with Crippen molar-refractivity contribution in [3.05, 3.63) is 18.0 Å². The number of hydrogen-bond acceptors (Lipinski definition) is 3. The highest BCUT2D eigenvalue weighted by atomic mass is 35.5. The summed E-state index contributed by atoms with van der Waals surface area (Å²) in [6, 6.07) is 2.55. The normalized spacial score (nSPS) is 17.8. The summed E-state index contributed by atoms with van der Waals surface area (Å²) in [7, 11) is 0. The van der Waals surface area contributed by atoms with E-state index in [0.29, 0.717) is 23.7 Å². The number of nitrogens with zero attached hydrogens (tertiary/aromatic N) is 3. The Bertz CT molecular complexity index is 493. The van der Waals surface area contributed by atoms with Gasteiger partial charge in [-0.05, 0) is 44.2 Å². The van der Waals surface area contributed by atoms with Crippen LogP contribution in [-0.4, -0.2) is 46.3 Å². The van der Waals surface area contributed by atoms with E-state index in [2.05, 4.69) is 38.1 Å². The van der Waals surface area contributed by atoms with Crippen molar-refractivity contribution in [2.75, 3.05) is 19.6 Å². The molecule has 0 aromatic carbocycles. The summed E-state index contributed by atoms with van der Waals surface area (Å²) in [6.07, 6.45) is 6.24. The molecule has 6 heteroatoms. The predicted molar refractivity (Wildman–Crippen MR) is 101 cm³/mol. The quantitative estimate of drug-likeness (QED) is 0.813. The fourth-order valence-corrected chi connectivity index (χ4v) is 3.38. The molecule has 1 saturated heterocycles. The predicted octanol–water partition coefficient (Wildman–Crippen LogP) is 3.52. The van der Waals surface area contributed by atoms with Crippen LogP contribution in [0.1, 0.15) is 69.9 Å². The standard InChI is InChI=1S/C18H32N4O.ClH/c1-5-15(6-2)21(13-14(3)4)18(23)17-9-11-22(20-17)16-8-7-10-19-12-16;/h9,11,14-16,19H,5-8,10,12-13H2,1-4H3;1H. The molecule has 1 aromatic heterocycles. The molecule has 1 aliphatic heterocycles. The minimum Gasteiger partial charge on any atom is -0.334 e. The largest absolute Gasteiger partial charge is 0.334 e. The monoisotopic (exact) mass is 356 g/mol. The average Bonchev–Trinajstić information content (AvgIpc) is 3.05. The lowest BCUT2D eigenvalue weighted by Crippen LogP contribution is -2.42. The second kappa shape index (κ2) is 10.0. The molecule has 1 aliphatic rings. The van der Waals surface area contributed by atoms with Crippen LogP contribution in [0, 0.1) is 5.92 Å². The third kappa shape index (κ3) is 5.21. The molecule has 5 nitrogen and oxygen atoms in total. The van der Waals surface area contributed by atoms with Gasteiger partial charge in [-0.25, -0.2) is 0 Å². The SMILES string of the molecule is CCC(CC)N(CC(C)C)C(=O)c1ccn(C2CCCNC2)n1.Cl. The highest BCUT2D eigenvalue weighted by Gasteiger charge is 2.26. The van der Waals surface area contributed by atoms with Gasteiger partial charge in [0, 0.05) is 25.3 Å². The van der Waals surface area contributed by atoms with Gasteiger partial charge in [-0.15, -0.1) is 12.4 Å². The molecule has 1 N–H and O–H groups in total. The Morgan fingerprint density at radius 2 is 2.12 bits per heavy atom. The van der Waals surface area contributed by atoms with Crippen LogP contribution in [-0.2, 0) is 0 Å². The molecular weight excluding hydrogens is 324 g/mol. The molecule has 2 rings (SSSR count). The van der Waals surface area contributed by atoms with E-state index in [1.807, 2.05) is 21.8 Å². The van der Waals surface area contributed by atoms with Crippen molar-refractivity contribution >= 4 is 18.3 Å². The van der Waals surface area contributed by atoms with Gasteiger partial charge in [0.15, 0.2) is 0 Å². The van der Waals surface area contributed by atoms with Gasteiger partial charge in [0.2, 0.25) is 0 Å². The number of piperidine rings is 1. The highest BCUT2D eigenvalue weighted by molar-refractivity contribution is 5.92. The number of rotatable bonds is 7. The molecule has 0 bridgehead atoms. The molecule has 1 amide bonds. The summed E-state index contributed by atoms with van der Waals surface area (Å²) < 4.78 is 1.97. The zero-order chi connectivity index (χ0) is 16.8. The molecule has 24 heavy (non-hydrogen) atoms. The van der Waals surface area contributed by atoms with Gasteiger partial charge >= 0.3 is 0 Å². The second-order valence-electron chi connectivity index (χ2n) is 7.00. The van der Waals surface area contributed by atoms with E-state index < -0.39 is 0 Å². The Morgan fingerprint density at radius 3 is 2.67 bits per heavy atom. The van der Waals surface area contributed by atoms with E-state index in [1.165, 1.54) is 6.42 Å². The van der Waals surface area contributed by atoms with Gasteiger partial charge in [0.05, 0.1) is 6.04 Å². The number of aromatic nitrogens is 2. The first-order valence-electron chi connectivity index (χ1n) is 9.13. The van der Waals surface area contributed by atoms with Crippen LogP contribution in [0.5, 0.6) is 0 Å². The van der Waals surface area contributed by atoms with E-state index >= 15 is 0 Å². The molecule has 1 fully saturated rings. The molecule has 1 aromatic rings. The lowest BCUT2D eigenvalue weighted by atomic mass is 10.1. The van der Waals surface area contributed by atoms with Gasteiger partial charge in [0.1, 0.15) is 5.69 Å². The van der Waals surface area contributed by atoms with Crippen LogP contribution < -0.4 is 5.32 Å². The molecule has 0 radical (unpaired) electrons. The molecule has 1 atom stereocenters. The fourth-order valence-electron chi connectivity index (χ4n) is 3.38. The number of nitrogens with one attached hydrogen (secondary N) is 1. The Labute approximate surface area is 152 Å². The van der Waals surface area contributed by atoms with Crippen LogP contribution in [0.25, 0.3) is 0 Å². The summed E-state index contributed by atoms with van der Waals surface area (Å²) in [5.41, 5.74) is 0.586. The van der Waals surface area contributed by atoms with Crippen molar-refractivity contribution < 1.29 is 4.79 Å². The van der Waals surface area contributed by atoms with Gasteiger partial charge in [-0.3, -0.25) is 9.48 Å². The third-order valence-electron chi connectivity index (χ3n) is 4.68. The first-order chi connectivity index (χ1) is 11.1. The maximum atomic E-state index is 13.0. The van der Waals surface area contributed by atoms with Crippen LogP contribution in [0.15, 0.2) is 12.3 Å². The van der Waals surface area contributed by atoms with E-state index in [0.717, 1.165) is 38.9 Å². The number of carbonyl (C=O) groups excluding carboxylic acids is 1. The van der Waals surface area contributed by atoms with E-state index in [4.69, 9.17) is 0 Å². The second-order valence-corrected chi connectivity index (χ2v) is 7.00. The smallest absolute Gasteiger partial charge is 0.274 e. The molecular formula is C18H33ClN4O. The van der Waals surface area contributed by atoms with Crippen LogP contribution in [0.2, 0.25) is 0 Å². The Balaban J connectivity index is 0.00000288. The first-order valence-corrected chi connectivity index (χ1v) is 9.13. The number of amides is 1. The molecule has 0 spiro atoms. The molecule has 138 valence electrons. The Hall–Kier alpha value is -1.07. The Morgan fingerprint density at radius 1 is 1.42 bits per heavy atom. The lowest BCUT2D eigenvalue weighted by Gasteiger charge is -2.31. The third-order valence-corrected chi connectivity index (χ3v) is 4.68. The summed E-state index contributed by atoms with van der Waals surface area (Å²) in [5.74, 6) is 0.541. The van der Waals surface area contributed by atoms with Crippen molar-refractivity contribution in [3.63, 3.8) is 0 Å². The van der Waals surface area contributed by atoms with Crippen LogP contribution >= 0.6 is 12.4 Å². The van der Waals surface area contributed by atoms with E-state index in [-0.39, 0.29) is 18.3 Å². The summed E-state index contributed by atoms with van der Waals surface area (Å²) >= 11 is 0. The van der Waals surface area contributed by atoms with E-state index in [1.54, 1.807) is 0 Å². The maximum Gasteiger partial charge on any atom is 0.274 e.